The smallest absolute Gasteiger partial charge is 0.127 e. The van der Waals surface area contributed by atoms with Crippen molar-refractivity contribution in [1.82, 2.24) is 0 Å². The van der Waals surface area contributed by atoms with Crippen molar-refractivity contribution in [1.29, 1.82) is 0 Å². The molecule has 1 aromatic carbocycles. The van der Waals surface area contributed by atoms with Crippen LogP contribution in [0, 0.1) is 13.8 Å². The topological polar surface area (TPSA) is 47.9 Å². The molecule has 4 nitrogen and oxygen atoms in total. The summed E-state index contributed by atoms with van der Waals surface area (Å²) in [5.41, 5.74) is 4.75. The molecular formula is C14H22O4. The van der Waals surface area contributed by atoms with Crippen molar-refractivity contribution in [3.05, 3.63) is 27.8 Å². The summed E-state index contributed by atoms with van der Waals surface area (Å²) in [6.07, 6.45) is 0. The molecule has 0 heterocycles. The summed E-state index contributed by atoms with van der Waals surface area (Å²) in [6, 6.07) is 0. The van der Waals surface area contributed by atoms with Crippen LogP contribution in [0.15, 0.2) is 0 Å². The standard InChI is InChI=1S/C14H22O4/c1-9-11(6-16-3)10(2)13(8-18-5)14(15)12(9)7-17-4/h15H,6-8H2,1-5H3. The molecule has 102 valence electrons. The van der Waals surface area contributed by atoms with E-state index in [4.69, 9.17) is 14.2 Å². The average molecular weight is 254 g/mol. The van der Waals surface area contributed by atoms with Gasteiger partial charge in [0.2, 0.25) is 0 Å². The van der Waals surface area contributed by atoms with Crippen LogP contribution in [-0.4, -0.2) is 26.4 Å². The number of benzene rings is 1. The monoisotopic (exact) mass is 254 g/mol. The van der Waals surface area contributed by atoms with Crippen LogP contribution in [0.25, 0.3) is 0 Å². The Morgan fingerprint density at radius 3 is 1.39 bits per heavy atom. The number of phenols is 1. The molecule has 0 radical (unpaired) electrons. The summed E-state index contributed by atoms with van der Waals surface area (Å²) in [7, 11) is 4.90. The maximum atomic E-state index is 10.3. The van der Waals surface area contributed by atoms with Crippen molar-refractivity contribution in [2.24, 2.45) is 0 Å². The van der Waals surface area contributed by atoms with E-state index in [-0.39, 0.29) is 5.75 Å². The number of hydrogen-bond acceptors (Lipinski definition) is 4. The van der Waals surface area contributed by atoms with Crippen LogP contribution in [0.2, 0.25) is 0 Å². The second kappa shape index (κ2) is 6.73. The van der Waals surface area contributed by atoms with E-state index in [0.717, 1.165) is 27.8 Å². The minimum absolute atomic E-state index is 0.272. The summed E-state index contributed by atoms with van der Waals surface area (Å²) in [5, 5.41) is 10.3. The fraction of sp³-hybridized carbons (Fsp3) is 0.571. The first kappa shape index (κ1) is 15.0. The summed E-state index contributed by atoms with van der Waals surface area (Å²) in [6.45, 7) is 5.24. The van der Waals surface area contributed by atoms with Crippen LogP contribution < -0.4 is 0 Å². The molecule has 0 aliphatic heterocycles. The molecule has 1 N–H and O–H groups in total. The zero-order valence-corrected chi connectivity index (χ0v) is 11.8. The van der Waals surface area contributed by atoms with Crippen molar-refractivity contribution >= 4 is 0 Å². The highest BCUT2D eigenvalue weighted by Gasteiger charge is 2.18. The van der Waals surface area contributed by atoms with Crippen LogP contribution >= 0.6 is 0 Å². The lowest BCUT2D eigenvalue weighted by Gasteiger charge is -2.20. The number of ether oxygens (including phenoxy) is 3. The van der Waals surface area contributed by atoms with E-state index in [0.29, 0.717) is 19.8 Å². The van der Waals surface area contributed by atoms with Gasteiger partial charge in [-0.15, -0.1) is 0 Å². The summed E-state index contributed by atoms with van der Waals surface area (Å²) < 4.78 is 15.5. The van der Waals surface area contributed by atoms with E-state index < -0.39 is 0 Å². The zero-order chi connectivity index (χ0) is 13.7. The number of hydrogen-bond donors (Lipinski definition) is 1. The Labute approximate surface area is 108 Å². The second-order valence-corrected chi connectivity index (χ2v) is 4.33. The van der Waals surface area contributed by atoms with Gasteiger partial charge in [-0.2, -0.15) is 0 Å². The van der Waals surface area contributed by atoms with E-state index in [1.165, 1.54) is 0 Å². The van der Waals surface area contributed by atoms with Crippen molar-refractivity contribution in [2.75, 3.05) is 21.3 Å². The van der Waals surface area contributed by atoms with Gasteiger partial charge in [0.1, 0.15) is 5.75 Å². The molecule has 0 atom stereocenters. The molecule has 0 fully saturated rings. The van der Waals surface area contributed by atoms with E-state index in [2.05, 4.69) is 0 Å². The van der Waals surface area contributed by atoms with Crippen LogP contribution in [0.4, 0.5) is 0 Å². The normalized spacial score (nSPS) is 10.9. The summed E-state index contributed by atoms with van der Waals surface area (Å²) in [4.78, 5) is 0. The van der Waals surface area contributed by atoms with Crippen molar-refractivity contribution < 1.29 is 19.3 Å². The number of methoxy groups -OCH3 is 3. The third-order valence-corrected chi connectivity index (χ3v) is 3.25. The Bertz CT molecular complexity index is 330. The first-order valence-electron chi connectivity index (χ1n) is 5.88. The molecule has 0 amide bonds. The molecule has 0 bridgehead atoms. The maximum Gasteiger partial charge on any atom is 0.127 e. The minimum Gasteiger partial charge on any atom is -0.507 e. The highest BCUT2D eigenvalue weighted by atomic mass is 16.5. The molecule has 0 saturated heterocycles. The van der Waals surface area contributed by atoms with E-state index in [1.807, 2.05) is 13.8 Å². The fourth-order valence-electron chi connectivity index (χ4n) is 2.19. The molecule has 0 spiro atoms. The molecule has 0 aliphatic rings. The molecule has 4 heteroatoms. The molecule has 1 aromatic rings. The van der Waals surface area contributed by atoms with Gasteiger partial charge in [0.25, 0.3) is 0 Å². The van der Waals surface area contributed by atoms with Crippen LogP contribution in [0.1, 0.15) is 27.8 Å². The molecule has 0 aromatic heterocycles. The van der Waals surface area contributed by atoms with Crippen molar-refractivity contribution in [3.63, 3.8) is 0 Å². The minimum atomic E-state index is 0.272. The highest BCUT2D eigenvalue weighted by Crippen LogP contribution is 2.34. The van der Waals surface area contributed by atoms with Crippen molar-refractivity contribution in [2.45, 2.75) is 33.7 Å². The lowest BCUT2D eigenvalue weighted by Crippen LogP contribution is -2.07. The van der Waals surface area contributed by atoms with Crippen LogP contribution in [-0.2, 0) is 34.0 Å². The third-order valence-electron chi connectivity index (χ3n) is 3.25. The van der Waals surface area contributed by atoms with Gasteiger partial charge in [-0.05, 0) is 30.5 Å². The number of aromatic hydroxyl groups is 1. The molecule has 0 unspecified atom stereocenters. The molecule has 18 heavy (non-hydrogen) atoms. The fourth-order valence-corrected chi connectivity index (χ4v) is 2.19. The Morgan fingerprint density at radius 1 is 0.722 bits per heavy atom. The predicted molar refractivity (Wildman–Crippen MR) is 69.7 cm³/mol. The van der Waals surface area contributed by atoms with Gasteiger partial charge in [0, 0.05) is 32.5 Å². The lowest BCUT2D eigenvalue weighted by molar-refractivity contribution is 0.169. The van der Waals surface area contributed by atoms with Crippen LogP contribution in [0.5, 0.6) is 5.75 Å². The summed E-state index contributed by atoms with van der Waals surface area (Å²) >= 11 is 0. The maximum absolute atomic E-state index is 10.3. The lowest BCUT2D eigenvalue weighted by atomic mass is 9.92. The van der Waals surface area contributed by atoms with Gasteiger partial charge in [-0.25, -0.2) is 0 Å². The SMILES string of the molecule is COCc1c(C)c(COC)c(O)c(COC)c1C. The van der Waals surface area contributed by atoms with E-state index in [9.17, 15) is 5.11 Å². The van der Waals surface area contributed by atoms with E-state index >= 15 is 0 Å². The largest absolute Gasteiger partial charge is 0.507 e. The Morgan fingerprint density at radius 2 is 1.06 bits per heavy atom. The molecule has 0 saturated carbocycles. The number of rotatable bonds is 6. The Hall–Kier alpha value is -1.10. The Kier molecular flexibility index (Phi) is 5.59. The molecule has 0 aliphatic carbocycles. The zero-order valence-electron chi connectivity index (χ0n) is 11.8. The first-order valence-corrected chi connectivity index (χ1v) is 5.88. The number of phenolic OH excluding ortho intramolecular Hbond substituents is 1. The van der Waals surface area contributed by atoms with Gasteiger partial charge in [-0.1, -0.05) is 0 Å². The Balaban J connectivity index is 3.42. The second-order valence-electron chi connectivity index (χ2n) is 4.33. The van der Waals surface area contributed by atoms with Gasteiger partial charge in [0.05, 0.1) is 19.8 Å². The van der Waals surface area contributed by atoms with Gasteiger partial charge in [-0.3, -0.25) is 0 Å². The van der Waals surface area contributed by atoms with Gasteiger partial charge < -0.3 is 19.3 Å². The van der Waals surface area contributed by atoms with Crippen LogP contribution in [0.3, 0.4) is 0 Å². The van der Waals surface area contributed by atoms with E-state index in [1.54, 1.807) is 21.3 Å². The van der Waals surface area contributed by atoms with Gasteiger partial charge in [0.15, 0.2) is 0 Å². The van der Waals surface area contributed by atoms with Gasteiger partial charge >= 0.3 is 0 Å². The first-order chi connectivity index (χ1) is 8.58. The quantitative estimate of drug-likeness (QED) is 0.847. The highest BCUT2D eigenvalue weighted by molar-refractivity contribution is 5.53. The van der Waals surface area contributed by atoms with Crippen molar-refractivity contribution in [3.8, 4) is 5.75 Å². The third kappa shape index (κ3) is 2.83. The summed E-state index contributed by atoms with van der Waals surface area (Å²) in [5.74, 6) is 0.272. The molecular weight excluding hydrogens is 232 g/mol. The predicted octanol–water partition coefficient (Wildman–Crippen LogP) is 2.45. The molecule has 1 rings (SSSR count). The average Bonchev–Trinajstić information content (AvgIpc) is 2.35.